The molecule has 0 radical (unpaired) electrons. The Morgan fingerprint density at radius 2 is 1.83 bits per heavy atom. The monoisotopic (exact) mass is 270 g/mol. The van der Waals surface area contributed by atoms with Crippen LogP contribution in [0.15, 0.2) is 0 Å². The third kappa shape index (κ3) is 5.42. The predicted molar refractivity (Wildman–Crippen MR) is 77.3 cm³/mol. The Kier molecular flexibility index (Phi) is 8.13. The van der Waals surface area contributed by atoms with E-state index in [1.807, 2.05) is 6.92 Å². The van der Waals surface area contributed by atoms with Crippen LogP contribution in [0, 0.1) is 6.92 Å². The highest BCUT2D eigenvalue weighted by atomic mass is 32.1. The van der Waals surface area contributed by atoms with Gasteiger partial charge in [-0.3, -0.25) is 11.3 Å². The summed E-state index contributed by atoms with van der Waals surface area (Å²) in [6.45, 7) is 4.25. The largest absolute Gasteiger partial charge is 0.271 e. The number of rotatable bonds is 10. The standard InChI is InChI=1S/C13H26N4S/c1-3-4-5-6-7-8-9-10-12(15-14)13-11(2)16-17-18-13/h12,15H,3-10,14H2,1-2H3. The number of aromatic nitrogens is 2. The number of hydrogen-bond donors (Lipinski definition) is 2. The van der Waals surface area contributed by atoms with E-state index in [0.29, 0.717) is 0 Å². The molecule has 1 aromatic heterocycles. The summed E-state index contributed by atoms with van der Waals surface area (Å²) in [5.41, 5.74) is 3.89. The molecule has 1 heterocycles. The van der Waals surface area contributed by atoms with Gasteiger partial charge in [0.15, 0.2) is 0 Å². The van der Waals surface area contributed by atoms with Crippen molar-refractivity contribution in [3.8, 4) is 0 Å². The Hall–Kier alpha value is -0.520. The minimum Gasteiger partial charge on any atom is -0.271 e. The van der Waals surface area contributed by atoms with E-state index < -0.39 is 0 Å². The lowest BCUT2D eigenvalue weighted by Gasteiger charge is -2.13. The minimum atomic E-state index is 0.223. The molecule has 0 aliphatic heterocycles. The number of unbranched alkanes of at least 4 members (excludes halogenated alkanes) is 6. The second-order valence-electron chi connectivity index (χ2n) is 4.85. The van der Waals surface area contributed by atoms with E-state index in [4.69, 9.17) is 5.84 Å². The fourth-order valence-corrected chi connectivity index (χ4v) is 2.89. The first-order valence-electron chi connectivity index (χ1n) is 7.04. The molecule has 18 heavy (non-hydrogen) atoms. The number of nitrogens with one attached hydrogen (secondary N) is 1. The van der Waals surface area contributed by atoms with Gasteiger partial charge in [-0.25, -0.2) is 0 Å². The summed E-state index contributed by atoms with van der Waals surface area (Å²) >= 11 is 1.45. The molecule has 0 spiro atoms. The van der Waals surface area contributed by atoms with Crippen LogP contribution in [0.25, 0.3) is 0 Å². The zero-order valence-electron chi connectivity index (χ0n) is 11.6. The van der Waals surface area contributed by atoms with Crippen molar-refractivity contribution in [2.45, 2.75) is 71.3 Å². The number of nitrogens with zero attached hydrogens (tertiary/aromatic N) is 2. The van der Waals surface area contributed by atoms with Crippen LogP contribution in [-0.4, -0.2) is 9.59 Å². The minimum absolute atomic E-state index is 0.223. The van der Waals surface area contributed by atoms with Crippen molar-refractivity contribution in [1.82, 2.24) is 15.0 Å². The molecule has 0 saturated heterocycles. The summed E-state index contributed by atoms with van der Waals surface area (Å²) in [7, 11) is 0. The summed E-state index contributed by atoms with van der Waals surface area (Å²) in [4.78, 5) is 1.18. The Bertz CT molecular complexity index is 314. The van der Waals surface area contributed by atoms with Crippen LogP contribution in [0.5, 0.6) is 0 Å². The van der Waals surface area contributed by atoms with Gasteiger partial charge in [-0.1, -0.05) is 56.4 Å². The normalized spacial score (nSPS) is 12.8. The predicted octanol–water partition coefficient (Wildman–Crippen LogP) is 3.49. The van der Waals surface area contributed by atoms with Gasteiger partial charge >= 0.3 is 0 Å². The smallest absolute Gasteiger partial charge is 0.0773 e. The molecule has 3 N–H and O–H groups in total. The Morgan fingerprint density at radius 3 is 2.39 bits per heavy atom. The zero-order valence-corrected chi connectivity index (χ0v) is 12.4. The fraction of sp³-hybridized carbons (Fsp3) is 0.846. The molecule has 4 nitrogen and oxygen atoms in total. The van der Waals surface area contributed by atoms with Crippen molar-refractivity contribution in [3.63, 3.8) is 0 Å². The lowest BCUT2D eigenvalue weighted by atomic mass is 10.0. The van der Waals surface area contributed by atoms with E-state index in [0.717, 1.165) is 12.1 Å². The van der Waals surface area contributed by atoms with Crippen molar-refractivity contribution >= 4 is 11.5 Å². The number of aryl methyl sites for hydroxylation is 1. The summed E-state index contributed by atoms with van der Waals surface area (Å²) in [6.07, 6.45) is 10.4. The maximum absolute atomic E-state index is 5.61. The topological polar surface area (TPSA) is 63.8 Å². The summed E-state index contributed by atoms with van der Waals surface area (Å²) < 4.78 is 3.96. The van der Waals surface area contributed by atoms with E-state index in [2.05, 4.69) is 21.9 Å². The average molecular weight is 270 g/mol. The van der Waals surface area contributed by atoms with E-state index in [-0.39, 0.29) is 6.04 Å². The van der Waals surface area contributed by atoms with Crippen molar-refractivity contribution in [1.29, 1.82) is 0 Å². The van der Waals surface area contributed by atoms with Gasteiger partial charge < -0.3 is 0 Å². The second-order valence-corrected chi connectivity index (χ2v) is 5.64. The lowest BCUT2D eigenvalue weighted by molar-refractivity contribution is 0.479. The molecule has 0 aromatic carbocycles. The van der Waals surface area contributed by atoms with Crippen LogP contribution in [0.2, 0.25) is 0 Å². The molecular weight excluding hydrogens is 244 g/mol. The SMILES string of the molecule is CCCCCCCCCC(NN)c1snnc1C. The first-order chi connectivity index (χ1) is 8.79. The van der Waals surface area contributed by atoms with E-state index in [1.165, 1.54) is 61.4 Å². The van der Waals surface area contributed by atoms with Gasteiger partial charge in [0.2, 0.25) is 0 Å². The summed E-state index contributed by atoms with van der Waals surface area (Å²) in [5.74, 6) is 5.61. The molecule has 5 heteroatoms. The number of nitrogens with two attached hydrogens (primary N) is 1. The Morgan fingerprint density at radius 1 is 1.17 bits per heavy atom. The van der Waals surface area contributed by atoms with Gasteiger partial charge in [0.1, 0.15) is 0 Å². The molecule has 0 bridgehead atoms. The molecule has 1 rings (SSSR count). The highest BCUT2D eigenvalue weighted by molar-refractivity contribution is 7.05. The fourth-order valence-electron chi connectivity index (χ4n) is 2.15. The van der Waals surface area contributed by atoms with Crippen molar-refractivity contribution in [3.05, 3.63) is 10.6 Å². The average Bonchev–Trinajstić information content (AvgIpc) is 2.79. The number of hydrogen-bond acceptors (Lipinski definition) is 5. The summed E-state index contributed by atoms with van der Waals surface area (Å²) in [5, 5.41) is 4.04. The summed E-state index contributed by atoms with van der Waals surface area (Å²) in [6, 6.07) is 0.223. The van der Waals surface area contributed by atoms with Gasteiger partial charge in [0, 0.05) is 0 Å². The maximum Gasteiger partial charge on any atom is 0.0773 e. The molecule has 0 amide bonds. The quantitative estimate of drug-likeness (QED) is 0.388. The van der Waals surface area contributed by atoms with E-state index in [1.54, 1.807) is 0 Å². The molecule has 0 fully saturated rings. The van der Waals surface area contributed by atoms with E-state index >= 15 is 0 Å². The molecule has 0 aliphatic carbocycles. The molecule has 0 saturated carbocycles. The van der Waals surface area contributed by atoms with Crippen LogP contribution in [0.3, 0.4) is 0 Å². The van der Waals surface area contributed by atoms with Crippen LogP contribution in [-0.2, 0) is 0 Å². The van der Waals surface area contributed by atoms with Crippen molar-refractivity contribution in [2.24, 2.45) is 5.84 Å². The molecule has 104 valence electrons. The molecule has 1 aromatic rings. The van der Waals surface area contributed by atoms with Crippen LogP contribution < -0.4 is 11.3 Å². The maximum atomic E-state index is 5.61. The lowest BCUT2D eigenvalue weighted by Crippen LogP contribution is -2.27. The van der Waals surface area contributed by atoms with Gasteiger partial charge in [-0.05, 0) is 24.9 Å². The van der Waals surface area contributed by atoms with Gasteiger partial charge in [0.05, 0.1) is 16.6 Å². The van der Waals surface area contributed by atoms with Crippen LogP contribution >= 0.6 is 11.5 Å². The zero-order chi connectivity index (χ0) is 13.2. The first-order valence-corrected chi connectivity index (χ1v) is 7.82. The highest BCUT2D eigenvalue weighted by Crippen LogP contribution is 2.24. The van der Waals surface area contributed by atoms with Crippen molar-refractivity contribution in [2.75, 3.05) is 0 Å². The third-order valence-corrected chi connectivity index (χ3v) is 4.24. The molecule has 1 atom stereocenters. The van der Waals surface area contributed by atoms with Gasteiger partial charge in [-0.15, -0.1) is 5.10 Å². The van der Waals surface area contributed by atoms with Gasteiger partial charge in [-0.2, -0.15) is 0 Å². The third-order valence-electron chi connectivity index (χ3n) is 3.30. The molecular formula is C13H26N4S. The highest BCUT2D eigenvalue weighted by Gasteiger charge is 2.15. The van der Waals surface area contributed by atoms with Crippen LogP contribution in [0.4, 0.5) is 0 Å². The Labute approximate surface area is 114 Å². The van der Waals surface area contributed by atoms with Crippen molar-refractivity contribution < 1.29 is 0 Å². The number of hydrazine groups is 1. The molecule has 1 unspecified atom stereocenters. The molecule has 0 aliphatic rings. The second kappa shape index (κ2) is 9.42. The van der Waals surface area contributed by atoms with Crippen LogP contribution in [0.1, 0.15) is 74.9 Å². The van der Waals surface area contributed by atoms with E-state index in [9.17, 15) is 0 Å². The Balaban J connectivity index is 2.15. The van der Waals surface area contributed by atoms with Gasteiger partial charge in [0.25, 0.3) is 0 Å². The first kappa shape index (κ1) is 15.5.